The minimum absolute atomic E-state index is 0.0181. The lowest BCUT2D eigenvalue weighted by Crippen LogP contribution is -2.12. The van der Waals surface area contributed by atoms with Crippen molar-refractivity contribution >= 4 is 11.7 Å². The molecule has 1 atom stereocenters. The fourth-order valence-corrected chi connectivity index (χ4v) is 2.29. The van der Waals surface area contributed by atoms with Gasteiger partial charge in [0.05, 0.1) is 0 Å². The molecular formula is C18H23N3O2. The Morgan fingerprint density at radius 2 is 2.35 bits per heavy atom. The molecule has 1 fully saturated rings. The highest BCUT2D eigenvalue weighted by Crippen LogP contribution is 2.27. The number of aryl methyl sites for hydroxylation is 1. The van der Waals surface area contributed by atoms with Gasteiger partial charge in [-0.15, -0.1) is 6.42 Å². The summed E-state index contributed by atoms with van der Waals surface area (Å²) in [7, 11) is 0. The summed E-state index contributed by atoms with van der Waals surface area (Å²) in [6, 6.07) is 6.30. The second kappa shape index (κ2) is 8.37. The standard InChI is InChI=1S/C18H23N3O2/c1-3-10-22-18(20)23-16-7-4-13(2)17(11-16)14(8-9-19)5-6-15-12-21-15/h1,4-5,7,11,15,20-21H,6,8-10,12,19H2,2H3/b14-5-,20-18?. The zero-order valence-corrected chi connectivity index (χ0v) is 13.4. The second-order valence-corrected chi connectivity index (χ2v) is 5.47. The molecule has 0 bridgehead atoms. The van der Waals surface area contributed by atoms with Gasteiger partial charge in [-0.3, -0.25) is 0 Å². The number of rotatable bonds is 7. The molecule has 23 heavy (non-hydrogen) atoms. The molecule has 1 aliphatic heterocycles. The van der Waals surface area contributed by atoms with Crippen LogP contribution in [0.25, 0.3) is 5.57 Å². The number of hydrogen-bond acceptors (Lipinski definition) is 5. The van der Waals surface area contributed by atoms with E-state index in [1.165, 1.54) is 5.57 Å². The molecule has 0 radical (unpaired) electrons. The average Bonchev–Trinajstić information content (AvgIpc) is 3.36. The molecule has 0 amide bonds. The van der Waals surface area contributed by atoms with Crippen LogP contribution in [0.5, 0.6) is 5.75 Å². The molecule has 1 unspecified atom stereocenters. The Kier molecular flexibility index (Phi) is 6.21. The first-order valence-electron chi connectivity index (χ1n) is 7.70. The van der Waals surface area contributed by atoms with Crippen LogP contribution in [-0.2, 0) is 4.74 Å². The van der Waals surface area contributed by atoms with Crippen LogP contribution >= 0.6 is 0 Å². The van der Waals surface area contributed by atoms with Crippen LogP contribution in [0.15, 0.2) is 24.3 Å². The van der Waals surface area contributed by atoms with Gasteiger partial charge in [-0.25, -0.2) is 5.41 Å². The van der Waals surface area contributed by atoms with E-state index in [1.54, 1.807) is 0 Å². The molecule has 4 N–H and O–H groups in total. The van der Waals surface area contributed by atoms with E-state index < -0.39 is 0 Å². The summed E-state index contributed by atoms with van der Waals surface area (Å²) in [4.78, 5) is 0. The first-order valence-corrected chi connectivity index (χ1v) is 7.70. The van der Waals surface area contributed by atoms with Gasteiger partial charge in [-0.1, -0.05) is 18.1 Å². The van der Waals surface area contributed by atoms with Gasteiger partial charge < -0.3 is 20.5 Å². The monoisotopic (exact) mass is 313 g/mol. The minimum atomic E-state index is -0.302. The van der Waals surface area contributed by atoms with Crippen molar-refractivity contribution in [2.45, 2.75) is 25.8 Å². The maximum Gasteiger partial charge on any atom is 0.387 e. The van der Waals surface area contributed by atoms with E-state index in [0.29, 0.717) is 18.3 Å². The topological polar surface area (TPSA) is 90.3 Å². The Bertz CT molecular complexity index is 628. The predicted octanol–water partition coefficient (Wildman–Crippen LogP) is 2.05. The number of nitrogens with one attached hydrogen (secondary N) is 2. The summed E-state index contributed by atoms with van der Waals surface area (Å²) in [6.45, 7) is 3.75. The zero-order valence-electron chi connectivity index (χ0n) is 13.4. The molecule has 122 valence electrons. The van der Waals surface area contributed by atoms with E-state index >= 15 is 0 Å². The van der Waals surface area contributed by atoms with E-state index in [9.17, 15) is 0 Å². The summed E-state index contributed by atoms with van der Waals surface area (Å²) in [5.74, 6) is 2.86. The lowest BCUT2D eigenvalue weighted by Gasteiger charge is -2.13. The fraction of sp³-hybridized carbons (Fsp3) is 0.389. The summed E-state index contributed by atoms with van der Waals surface area (Å²) < 4.78 is 10.3. The van der Waals surface area contributed by atoms with Gasteiger partial charge in [0, 0.05) is 12.6 Å². The van der Waals surface area contributed by atoms with Crippen molar-refractivity contribution in [1.29, 1.82) is 5.41 Å². The van der Waals surface area contributed by atoms with Crippen LogP contribution in [0, 0.1) is 24.7 Å². The molecule has 1 saturated heterocycles. The molecule has 0 saturated carbocycles. The zero-order chi connectivity index (χ0) is 16.7. The molecule has 1 heterocycles. The van der Waals surface area contributed by atoms with Gasteiger partial charge >= 0.3 is 6.08 Å². The first kappa shape index (κ1) is 17.1. The van der Waals surface area contributed by atoms with Crippen LogP contribution < -0.4 is 15.8 Å². The molecule has 5 nitrogen and oxygen atoms in total. The van der Waals surface area contributed by atoms with Gasteiger partial charge in [-0.2, -0.15) is 0 Å². The highest BCUT2D eigenvalue weighted by Gasteiger charge is 2.18. The van der Waals surface area contributed by atoms with Crippen LogP contribution in [0.3, 0.4) is 0 Å². The molecule has 2 rings (SSSR count). The number of hydrogen-bond donors (Lipinski definition) is 3. The molecule has 1 aromatic carbocycles. The van der Waals surface area contributed by atoms with E-state index in [2.05, 4.69) is 24.2 Å². The quantitative estimate of drug-likeness (QED) is 0.311. The molecule has 0 spiro atoms. The van der Waals surface area contributed by atoms with Crippen molar-refractivity contribution < 1.29 is 9.47 Å². The van der Waals surface area contributed by atoms with Crippen molar-refractivity contribution in [1.82, 2.24) is 5.32 Å². The normalized spacial score (nSPS) is 16.6. The number of terminal acetylenes is 1. The van der Waals surface area contributed by atoms with Gasteiger partial charge in [0.25, 0.3) is 0 Å². The van der Waals surface area contributed by atoms with E-state index in [-0.39, 0.29) is 12.7 Å². The molecule has 5 heteroatoms. The largest absolute Gasteiger partial charge is 0.437 e. The third-order valence-electron chi connectivity index (χ3n) is 3.61. The van der Waals surface area contributed by atoms with E-state index in [4.69, 9.17) is 27.0 Å². The fourth-order valence-electron chi connectivity index (χ4n) is 2.29. The van der Waals surface area contributed by atoms with Gasteiger partial charge in [-0.05, 0) is 55.1 Å². The Morgan fingerprint density at radius 1 is 1.57 bits per heavy atom. The third kappa shape index (κ3) is 5.44. The molecular weight excluding hydrogens is 290 g/mol. The maximum atomic E-state index is 7.60. The summed E-state index contributed by atoms with van der Waals surface area (Å²) in [5, 5.41) is 10.9. The van der Waals surface area contributed by atoms with Crippen LogP contribution in [-0.4, -0.2) is 31.8 Å². The van der Waals surface area contributed by atoms with Crippen molar-refractivity contribution in [2.75, 3.05) is 19.7 Å². The first-order chi connectivity index (χ1) is 11.1. The summed E-state index contributed by atoms with van der Waals surface area (Å²) in [6.07, 6.45) is 8.85. The Balaban J connectivity index is 2.15. The van der Waals surface area contributed by atoms with Gasteiger partial charge in [0.1, 0.15) is 5.75 Å². The number of nitrogens with two attached hydrogens (primary N) is 1. The van der Waals surface area contributed by atoms with Crippen LogP contribution in [0.1, 0.15) is 24.0 Å². The van der Waals surface area contributed by atoms with Crippen molar-refractivity contribution in [3.05, 3.63) is 35.4 Å². The number of ether oxygens (including phenoxy) is 2. The predicted molar refractivity (Wildman–Crippen MR) is 92.4 cm³/mol. The average molecular weight is 313 g/mol. The molecule has 1 aromatic rings. The van der Waals surface area contributed by atoms with Crippen molar-refractivity contribution in [2.24, 2.45) is 5.73 Å². The smallest absolute Gasteiger partial charge is 0.387 e. The van der Waals surface area contributed by atoms with Gasteiger partial charge in [0.2, 0.25) is 0 Å². The Hall–Kier alpha value is -2.29. The summed E-state index contributed by atoms with van der Waals surface area (Å²) >= 11 is 0. The number of benzene rings is 1. The maximum absolute atomic E-state index is 7.60. The summed E-state index contributed by atoms with van der Waals surface area (Å²) in [5.41, 5.74) is 9.21. The van der Waals surface area contributed by atoms with Crippen molar-refractivity contribution in [3.63, 3.8) is 0 Å². The Labute approximate surface area is 137 Å². The van der Waals surface area contributed by atoms with Crippen LogP contribution in [0.4, 0.5) is 0 Å². The SMILES string of the molecule is C#CCOC(=N)Oc1ccc(C)c(/C(=C\CC2CN2)CCN)c1. The highest BCUT2D eigenvalue weighted by atomic mass is 16.7. The lowest BCUT2D eigenvalue weighted by molar-refractivity contribution is 0.266. The minimum Gasteiger partial charge on any atom is -0.437 e. The van der Waals surface area contributed by atoms with Gasteiger partial charge in [0.15, 0.2) is 6.61 Å². The van der Waals surface area contributed by atoms with E-state index in [1.807, 2.05) is 18.2 Å². The van der Waals surface area contributed by atoms with Crippen LogP contribution in [0.2, 0.25) is 0 Å². The van der Waals surface area contributed by atoms with E-state index in [0.717, 1.165) is 30.5 Å². The third-order valence-corrected chi connectivity index (χ3v) is 3.61. The molecule has 1 aliphatic rings. The molecule has 0 aromatic heterocycles. The Morgan fingerprint density at radius 3 is 3.00 bits per heavy atom. The van der Waals surface area contributed by atoms with Crippen molar-refractivity contribution in [3.8, 4) is 18.1 Å². The lowest BCUT2D eigenvalue weighted by atomic mass is 9.96. The highest BCUT2D eigenvalue weighted by molar-refractivity contribution is 5.72. The molecule has 0 aliphatic carbocycles. The second-order valence-electron chi connectivity index (χ2n) is 5.47.